The van der Waals surface area contributed by atoms with Crippen molar-refractivity contribution in [3.05, 3.63) is 53.5 Å². The number of carbonyl (C=O) groups is 3. The molecule has 2 amide bonds. The number of thiazole rings is 1. The van der Waals surface area contributed by atoms with Crippen LogP contribution in [-0.2, 0) is 14.3 Å². The van der Waals surface area contributed by atoms with E-state index in [0.29, 0.717) is 16.9 Å². The molecule has 7 nitrogen and oxygen atoms in total. The Morgan fingerprint density at radius 2 is 2.11 bits per heavy atom. The van der Waals surface area contributed by atoms with Gasteiger partial charge in [0, 0.05) is 12.5 Å². The van der Waals surface area contributed by atoms with Gasteiger partial charge in [-0.2, -0.15) is 0 Å². The Labute approximate surface area is 164 Å². The number of anilines is 2. The second-order valence-corrected chi connectivity index (χ2v) is 7.38. The Morgan fingerprint density at radius 3 is 2.96 bits per heavy atom. The van der Waals surface area contributed by atoms with Gasteiger partial charge in [-0.3, -0.25) is 9.59 Å². The summed E-state index contributed by atoms with van der Waals surface area (Å²) in [7, 11) is 0. The molecule has 2 heterocycles. The van der Waals surface area contributed by atoms with Crippen molar-refractivity contribution in [1.82, 2.24) is 4.98 Å². The van der Waals surface area contributed by atoms with Crippen molar-refractivity contribution < 1.29 is 19.1 Å². The first-order chi connectivity index (χ1) is 13.5. The number of hydrogen-bond acceptors (Lipinski definition) is 6. The minimum atomic E-state index is -0.575. The number of hydrogen-bond donors (Lipinski definition) is 1. The second-order valence-electron chi connectivity index (χ2n) is 6.49. The van der Waals surface area contributed by atoms with Crippen LogP contribution >= 0.6 is 11.3 Å². The predicted octanol–water partition coefficient (Wildman–Crippen LogP) is 3.22. The Bertz CT molecular complexity index is 1080. The second kappa shape index (κ2) is 7.40. The molecule has 0 saturated carbocycles. The van der Waals surface area contributed by atoms with Crippen LogP contribution in [0.5, 0.6) is 0 Å². The van der Waals surface area contributed by atoms with Crippen molar-refractivity contribution in [3.63, 3.8) is 0 Å². The van der Waals surface area contributed by atoms with E-state index in [0.717, 1.165) is 10.2 Å². The van der Waals surface area contributed by atoms with E-state index in [-0.39, 0.29) is 24.3 Å². The Hall–Kier alpha value is -3.26. The molecule has 3 aromatic rings. The predicted molar refractivity (Wildman–Crippen MR) is 107 cm³/mol. The first-order valence-corrected chi connectivity index (χ1v) is 9.62. The van der Waals surface area contributed by atoms with Crippen LogP contribution < -0.4 is 10.2 Å². The van der Waals surface area contributed by atoms with Crippen LogP contribution in [0.3, 0.4) is 0 Å². The summed E-state index contributed by atoms with van der Waals surface area (Å²) in [6.45, 7) is 1.38. The lowest BCUT2D eigenvalue weighted by molar-refractivity contribution is -0.122. The van der Waals surface area contributed by atoms with E-state index in [4.69, 9.17) is 4.74 Å². The zero-order valence-electron chi connectivity index (χ0n) is 15.0. The Balaban J connectivity index is 1.51. The molecule has 0 spiro atoms. The van der Waals surface area contributed by atoms with Crippen molar-refractivity contribution in [1.29, 1.82) is 0 Å². The van der Waals surface area contributed by atoms with Gasteiger partial charge < -0.3 is 15.0 Å². The number of fused-ring (bicyclic) bond motifs is 2. The van der Waals surface area contributed by atoms with Crippen LogP contribution in [0.15, 0.2) is 48.0 Å². The minimum Gasteiger partial charge on any atom is -0.452 e. The molecular formula is C20H17N3O4S. The van der Waals surface area contributed by atoms with E-state index in [1.807, 2.05) is 0 Å². The zero-order valence-corrected chi connectivity index (χ0v) is 15.9. The smallest absolute Gasteiger partial charge is 0.338 e. The highest BCUT2D eigenvalue weighted by Gasteiger charge is 2.30. The summed E-state index contributed by atoms with van der Waals surface area (Å²) in [5.74, 6) is -1.12. The highest BCUT2D eigenvalue weighted by atomic mass is 32.1. The minimum absolute atomic E-state index is 0.162. The number of para-hydroxylation sites is 2. The standard InChI is InChI=1S/C20H17N3O4S/c1-12-8-18(24)22-14-4-2-3-5-16(14)23(12)19(25)10-27-20(26)13-6-7-15-17(9-13)28-11-21-15/h2-7,9,11-12H,8,10H2,1H3,(H,22,24)/t12-/m1/s1. The first-order valence-electron chi connectivity index (χ1n) is 8.74. The largest absolute Gasteiger partial charge is 0.452 e. The van der Waals surface area contributed by atoms with E-state index >= 15 is 0 Å². The fourth-order valence-electron chi connectivity index (χ4n) is 3.23. The third kappa shape index (κ3) is 3.46. The molecule has 142 valence electrons. The maximum absolute atomic E-state index is 12.8. The molecule has 0 unspecified atom stereocenters. The SMILES string of the molecule is C[C@@H]1CC(=O)Nc2ccccc2N1C(=O)COC(=O)c1ccc2ncsc2c1. The molecule has 2 aromatic carbocycles. The monoisotopic (exact) mass is 395 g/mol. The maximum Gasteiger partial charge on any atom is 0.338 e. The van der Waals surface area contributed by atoms with Crippen molar-refractivity contribution in [2.24, 2.45) is 0 Å². The quantitative estimate of drug-likeness (QED) is 0.688. The molecule has 0 fully saturated rings. The van der Waals surface area contributed by atoms with Crippen molar-refractivity contribution in [2.45, 2.75) is 19.4 Å². The fourth-order valence-corrected chi connectivity index (χ4v) is 3.95. The Morgan fingerprint density at radius 1 is 1.29 bits per heavy atom. The molecule has 28 heavy (non-hydrogen) atoms. The van der Waals surface area contributed by atoms with Crippen LogP contribution in [0, 0.1) is 0 Å². The van der Waals surface area contributed by atoms with Crippen LogP contribution in [0.2, 0.25) is 0 Å². The summed E-state index contributed by atoms with van der Waals surface area (Å²) in [6.07, 6.45) is 0.163. The van der Waals surface area contributed by atoms with Gasteiger partial charge in [0.1, 0.15) is 0 Å². The van der Waals surface area contributed by atoms with Crippen LogP contribution in [-0.4, -0.2) is 35.4 Å². The number of nitrogens with zero attached hydrogens (tertiary/aromatic N) is 2. The summed E-state index contributed by atoms with van der Waals surface area (Å²) in [4.78, 5) is 42.9. The summed E-state index contributed by atoms with van der Waals surface area (Å²) >= 11 is 1.43. The fraction of sp³-hybridized carbons (Fsp3) is 0.200. The molecule has 1 atom stereocenters. The summed E-state index contributed by atoms with van der Waals surface area (Å²) in [5.41, 5.74) is 4.03. The number of esters is 1. The molecule has 4 rings (SSSR count). The number of aromatic nitrogens is 1. The van der Waals surface area contributed by atoms with Crippen molar-refractivity contribution in [2.75, 3.05) is 16.8 Å². The van der Waals surface area contributed by atoms with E-state index in [1.54, 1.807) is 54.9 Å². The molecule has 0 radical (unpaired) electrons. The van der Waals surface area contributed by atoms with Crippen LogP contribution in [0.4, 0.5) is 11.4 Å². The van der Waals surface area contributed by atoms with Gasteiger partial charge >= 0.3 is 5.97 Å². The normalized spacial score (nSPS) is 16.2. The maximum atomic E-state index is 12.8. The molecule has 8 heteroatoms. The highest BCUT2D eigenvalue weighted by molar-refractivity contribution is 7.16. The van der Waals surface area contributed by atoms with Gasteiger partial charge in [0.25, 0.3) is 5.91 Å². The number of carbonyl (C=O) groups excluding carboxylic acids is 3. The number of amides is 2. The lowest BCUT2D eigenvalue weighted by Crippen LogP contribution is -2.41. The van der Waals surface area contributed by atoms with Crippen molar-refractivity contribution in [3.8, 4) is 0 Å². The average Bonchev–Trinajstić information content (AvgIpc) is 3.10. The van der Waals surface area contributed by atoms with E-state index in [1.165, 1.54) is 16.2 Å². The van der Waals surface area contributed by atoms with Crippen molar-refractivity contribution >= 4 is 50.7 Å². The topological polar surface area (TPSA) is 88.6 Å². The lowest BCUT2D eigenvalue weighted by atomic mass is 10.1. The molecule has 0 saturated heterocycles. The summed E-state index contributed by atoms with van der Waals surface area (Å²) < 4.78 is 6.12. The molecule has 0 aliphatic carbocycles. The average molecular weight is 395 g/mol. The first kappa shape index (κ1) is 18.1. The van der Waals surface area contributed by atoms with Gasteiger partial charge in [0.2, 0.25) is 5.91 Å². The zero-order chi connectivity index (χ0) is 19.7. The number of rotatable bonds is 3. The molecule has 1 N–H and O–H groups in total. The van der Waals surface area contributed by atoms with Gasteiger partial charge in [0.05, 0.1) is 32.7 Å². The van der Waals surface area contributed by atoms with Crippen LogP contribution in [0.25, 0.3) is 10.2 Å². The third-order valence-corrected chi connectivity index (χ3v) is 5.31. The van der Waals surface area contributed by atoms with E-state index in [2.05, 4.69) is 10.3 Å². The third-order valence-electron chi connectivity index (χ3n) is 4.52. The van der Waals surface area contributed by atoms with Gasteiger partial charge in [-0.25, -0.2) is 9.78 Å². The molecule has 1 aliphatic rings. The van der Waals surface area contributed by atoms with Gasteiger partial charge in [-0.1, -0.05) is 12.1 Å². The van der Waals surface area contributed by atoms with Crippen LogP contribution in [0.1, 0.15) is 23.7 Å². The molecule has 1 aromatic heterocycles. The molecule has 0 bridgehead atoms. The highest BCUT2D eigenvalue weighted by Crippen LogP contribution is 2.31. The summed E-state index contributed by atoms with van der Waals surface area (Å²) in [6, 6.07) is 11.8. The van der Waals surface area contributed by atoms with Gasteiger partial charge in [0.15, 0.2) is 6.61 Å². The van der Waals surface area contributed by atoms with E-state index < -0.39 is 12.6 Å². The summed E-state index contributed by atoms with van der Waals surface area (Å²) in [5, 5.41) is 2.80. The number of benzene rings is 2. The van der Waals surface area contributed by atoms with Gasteiger partial charge in [-0.05, 0) is 37.3 Å². The Kier molecular flexibility index (Phi) is 4.79. The number of ether oxygens (including phenoxy) is 1. The molecular weight excluding hydrogens is 378 g/mol. The van der Waals surface area contributed by atoms with E-state index in [9.17, 15) is 14.4 Å². The number of nitrogens with one attached hydrogen (secondary N) is 1. The molecule has 1 aliphatic heterocycles. The van der Waals surface area contributed by atoms with Gasteiger partial charge in [-0.15, -0.1) is 11.3 Å². The lowest BCUT2D eigenvalue weighted by Gasteiger charge is -2.27.